The molecular formula is C14H12ClN3. The van der Waals surface area contributed by atoms with Crippen LogP contribution in [0.2, 0.25) is 5.02 Å². The summed E-state index contributed by atoms with van der Waals surface area (Å²) in [5.74, 6) is 0. The molecule has 0 spiro atoms. The summed E-state index contributed by atoms with van der Waals surface area (Å²) in [4.78, 5) is 6.06. The first-order valence-corrected chi connectivity index (χ1v) is 5.88. The SMILES string of the molecule is CN(Cc1cccnc1)c1cc(Cl)ccc1C#N. The lowest BCUT2D eigenvalue weighted by Crippen LogP contribution is -2.17. The summed E-state index contributed by atoms with van der Waals surface area (Å²) in [6.07, 6.45) is 3.55. The van der Waals surface area contributed by atoms with Crippen LogP contribution in [0, 0.1) is 11.3 Å². The number of pyridine rings is 1. The normalized spacial score (nSPS) is 9.83. The van der Waals surface area contributed by atoms with Gasteiger partial charge in [-0.05, 0) is 29.8 Å². The topological polar surface area (TPSA) is 39.9 Å². The number of hydrogen-bond donors (Lipinski definition) is 0. The molecule has 0 unspecified atom stereocenters. The summed E-state index contributed by atoms with van der Waals surface area (Å²) < 4.78 is 0. The molecule has 0 aliphatic rings. The van der Waals surface area contributed by atoms with Crippen molar-refractivity contribution in [3.8, 4) is 6.07 Å². The van der Waals surface area contributed by atoms with Crippen LogP contribution in [-0.4, -0.2) is 12.0 Å². The fraction of sp³-hybridized carbons (Fsp3) is 0.143. The van der Waals surface area contributed by atoms with E-state index in [4.69, 9.17) is 16.9 Å². The molecule has 0 fully saturated rings. The summed E-state index contributed by atoms with van der Waals surface area (Å²) in [5.41, 5.74) is 2.53. The van der Waals surface area contributed by atoms with E-state index in [9.17, 15) is 0 Å². The standard InChI is InChI=1S/C14H12ClN3/c1-18(10-11-3-2-6-17-9-11)14-7-13(15)5-4-12(14)8-16/h2-7,9H,10H2,1H3. The average molecular weight is 258 g/mol. The van der Waals surface area contributed by atoms with E-state index >= 15 is 0 Å². The summed E-state index contributed by atoms with van der Waals surface area (Å²) >= 11 is 5.97. The molecule has 90 valence electrons. The van der Waals surface area contributed by atoms with Crippen molar-refractivity contribution >= 4 is 17.3 Å². The maximum atomic E-state index is 9.09. The third kappa shape index (κ3) is 2.79. The fourth-order valence-electron chi connectivity index (χ4n) is 1.77. The van der Waals surface area contributed by atoms with Crippen LogP contribution < -0.4 is 4.90 Å². The molecule has 4 heteroatoms. The molecule has 0 amide bonds. The van der Waals surface area contributed by atoms with Crippen molar-refractivity contribution < 1.29 is 0 Å². The van der Waals surface area contributed by atoms with Crippen LogP contribution >= 0.6 is 11.6 Å². The molecule has 0 saturated carbocycles. The smallest absolute Gasteiger partial charge is 0.101 e. The Bertz CT molecular complexity index is 575. The largest absolute Gasteiger partial charge is 0.369 e. The second-order valence-corrected chi connectivity index (χ2v) is 4.43. The highest BCUT2D eigenvalue weighted by molar-refractivity contribution is 6.30. The molecule has 0 aliphatic carbocycles. The second kappa shape index (κ2) is 5.52. The van der Waals surface area contributed by atoms with E-state index in [-0.39, 0.29) is 0 Å². The van der Waals surface area contributed by atoms with Gasteiger partial charge in [0.15, 0.2) is 0 Å². The summed E-state index contributed by atoms with van der Waals surface area (Å²) in [6, 6.07) is 11.3. The summed E-state index contributed by atoms with van der Waals surface area (Å²) in [5, 5.41) is 9.72. The molecule has 0 bridgehead atoms. The van der Waals surface area contributed by atoms with Gasteiger partial charge in [0, 0.05) is 31.0 Å². The third-order valence-electron chi connectivity index (χ3n) is 2.63. The zero-order chi connectivity index (χ0) is 13.0. The van der Waals surface area contributed by atoms with E-state index in [1.54, 1.807) is 24.4 Å². The van der Waals surface area contributed by atoms with Crippen molar-refractivity contribution in [2.75, 3.05) is 11.9 Å². The highest BCUT2D eigenvalue weighted by Crippen LogP contribution is 2.24. The van der Waals surface area contributed by atoms with Crippen molar-refractivity contribution in [1.29, 1.82) is 5.26 Å². The first-order chi connectivity index (χ1) is 8.70. The summed E-state index contributed by atoms with van der Waals surface area (Å²) in [7, 11) is 1.93. The lowest BCUT2D eigenvalue weighted by Gasteiger charge is -2.20. The molecule has 1 heterocycles. The van der Waals surface area contributed by atoms with Crippen molar-refractivity contribution in [2.24, 2.45) is 0 Å². The molecule has 3 nitrogen and oxygen atoms in total. The van der Waals surface area contributed by atoms with Crippen LogP contribution in [0.4, 0.5) is 5.69 Å². The minimum absolute atomic E-state index is 0.616. The second-order valence-electron chi connectivity index (χ2n) is 3.99. The highest BCUT2D eigenvalue weighted by atomic mass is 35.5. The minimum Gasteiger partial charge on any atom is -0.369 e. The van der Waals surface area contributed by atoms with Crippen LogP contribution in [0.25, 0.3) is 0 Å². The van der Waals surface area contributed by atoms with Crippen molar-refractivity contribution in [3.63, 3.8) is 0 Å². The summed E-state index contributed by atoms with van der Waals surface area (Å²) in [6.45, 7) is 0.683. The van der Waals surface area contributed by atoms with E-state index in [0.717, 1.165) is 11.3 Å². The average Bonchev–Trinajstić information content (AvgIpc) is 2.40. The van der Waals surface area contributed by atoms with Crippen molar-refractivity contribution in [3.05, 3.63) is 58.9 Å². The van der Waals surface area contributed by atoms with Gasteiger partial charge >= 0.3 is 0 Å². The van der Waals surface area contributed by atoms with Crippen LogP contribution in [0.5, 0.6) is 0 Å². The maximum Gasteiger partial charge on any atom is 0.101 e. The van der Waals surface area contributed by atoms with Gasteiger partial charge in [-0.3, -0.25) is 4.98 Å². The van der Waals surface area contributed by atoms with E-state index in [0.29, 0.717) is 17.1 Å². The van der Waals surface area contributed by atoms with Crippen LogP contribution in [0.1, 0.15) is 11.1 Å². The van der Waals surface area contributed by atoms with Gasteiger partial charge in [-0.2, -0.15) is 5.26 Å². The predicted octanol–water partition coefficient (Wildman–Crippen LogP) is 3.24. The Hall–Kier alpha value is -2.05. The molecule has 2 aromatic rings. The molecule has 2 rings (SSSR count). The minimum atomic E-state index is 0.616. The molecule has 0 atom stereocenters. The van der Waals surface area contributed by atoms with E-state index in [1.807, 2.05) is 30.3 Å². The lowest BCUT2D eigenvalue weighted by atomic mass is 10.1. The Morgan fingerprint density at radius 1 is 1.39 bits per heavy atom. The molecule has 0 N–H and O–H groups in total. The monoisotopic (exact) mass is 257 g/mol. The van der Waals surface area contributed by atoms with Crippen LogP contribution in [0.3, 0.4) is 0 Å². The molecule has 1 aromatic carbocycles. The van der Waals surface area contributed by atoms with Crippen LogP contribution in [0.15, 0.2) is 42.7 Å². The van der Waals surface area contributed by atoms with E-state index < -0.39 is 0 Å². The zero-order valence-electron chi connectivity index (χ0n) is 9.97. The number of hydrogen-bond acceptors (Lipinski definition) is 3. The van der Waals surface area contributed by atoms with Gasteiger partial charge in [0.1, 0.15) is 6.07 Å². The Labute approximate surface area is 111 Å². The Morgan fingerprint density at radius 3 is 2.89 bits per heavy atom. The molecule has 0 radical (unpaired) electrons. The van der Waals surface area contributed by atoms with Gasteiger partial charge in [0.2, 0.25) is 0 Å². The quantitative estimate of drug-likeness (QED) is 0.847. The van der Waals surface area contributed by atoms with E-state index in [2.05, 4.69) is 11.1 Å². The number of benzene rings is 1. The van der Waals surface area contributed by atoms with E-state index in [1.165, 1.54) is 0 Å². The van der Waals surface area contributed by atoms with Gasteiger partial charge < -0.3 is 4.90 Å². The first kappa shape index (κ1) is 12.4. The first-order valence-electron chi connectivity index (χ1n) is 5.50. The molecular weight excluding hydrogens is 246 g/mol. The number of aromatic nitrogens is 1. The van der Waals surface area contributed by atoms with Crippen LogP contribution in [-0.2, 0) is 6.54 Å². The van der Waals surface area contributed by atoms with Crippen molar-refractivity contribution in [2.45, 2.75) is 6.54 Å². The molecule has 0 aliphatic heterocycles. The maximum absolute atomic E-state index is 9.09. The highest BCUT2D eigenvalue weighted by Gasteiger charge is 2.08. The molecule has 1 aromatic heterocycles. The number of rotatable bonds is 3. The third-order valence-corrected chi connectivity index (χ3v) is 2.87. The Kier molecular flexibility index (Phi) is 3.81. The molecule has 18 heavy (non-hydrogen) atoms. The molecule has 0 saturated heterocycles. The van der Waals surface area contributed by atoms with Gasteiger partial charge in [-0.25, -0.2) is 0 Å². The van der Waals surface area contributed by atoms with Gasteiger partial charge in [-0.1, -0.05) is 17.7 Å². The number of halogens is 1. The Morgan fingerprint density at radius 2 is 2.22 bits per heavy atom. The number of anilines is 1. The Balaban J connectivity index is 2.26. The number of nitrogens with zero attached hydrogens (tertiary/aromatic N) is 3. The number of nitriles is 1. The van der Waals surface area contributed by atoms with Gasteiger partial charge in [0.25, 0.3) is 0 Å². The van der Waals surface area contributed by atoms with Crippen molar-refractivity contribution in [1.82, 2.24) is 4.98 Å². The fourth-order valence-corrected chi connectivity index (χ4v) is 1.93. The predicted molar refractivity (Wildman–Crippen MR) is 72.5 cm³/mol. The van der Waals surface area contributed by atoms with Gasteiger partial charge in [0.05, 0.1) is 11.3 Å². The van der Waals surface area contributed by atoms with Gasteiger partial charge in [-0.15, -0.1) is 0 Å². The lowest BCUT2D eigenvalue weighted by molar-refractivity contribution is 0.913. The zero-order valence-corrected chi connectivity index (χ0v) is 10.7.